The van der Waals surface area contributed by atoms with Gasteiger partial charge in [0.15, 0.2) is 23.3 Å². The summed E-state index contributed by atoms with van der Waals surface area (Å²) in [5.74, 6) is 0.195. The number of benzene rings is 2. The lowest BCUT2D eigenvalue weighted by Gasteiger charge is -2.11. The van der Waals surface area contributed by atoms with Gasteiger partial charge in [-0.3, -0.25) is 4.79 Å². The Labute approximate surface area is 179 Å². The fraction of sp³-hybridized carbons (Fsp3) is 0.227. The first-order chi connectivity index (χ1) is 14.5. The lowest BCUT2D eigenvalue weighted by molar-refractivity contribution is -0.145. The van der Waals surface area contributed by atoms with Crippen LogP contribution in [-0.2, 0) is 14.3 Å². The molecule has 2 aromatic rings. The molecule has 1 heterocycles. The molecule has 0 radical (unpaired) electrons. The van der Waals surface area contributed by atoms with Gasteiger partial charge >= 0.3 is 5.97 Å². The third kappa shape index (κ3) is 5.64. The van der Waals surface area contributed by atoms with Crippen molar-refractivity contribution in [3.05, 3.63) is 58.5 Å². The molecule has 7 nitrogen and oxygen atoms in total. The second-order valence-corrected chi connectivity index (χ2v) is 7.35. The number of thioether (sulfide) groups is 1. The molecule has 0 bridgehead atoms. The fourth-order valence-electron chi connectivity index (χ4n) is 2.60. The number of rotatable bonds is 7. The Bertz CT molecular complexity index is 999. The smallest absolute Gasteiger partial charge is 0.344 e. The van der Waals surface area contributed by atoms with E-state index in [0.717, 1.165) is 16.8 Å². The summed E-state index contributed by atoms with van der Waals surface area (Å²) in [5.41, 5.74) is 2.67. The van der Waals surface area contributed by atoms with E-state index in [1.807, 2.05) is 31.2 Å². The highest BCUT2D eigenvalue weighted by molar-refractivity contribution is 8.18. The molecule has 8 heteroatoms. The molecular weight excluding hydrogens is 404 g/mol. The van der Waals surface area contributed by atoms with E-state index < -0.39 is 5.97 Å². The SMILES string of the molecule is CCOC(=O)COc1ccc(/C=C2\SC(=Nc3ccc(C)cc3)NC2=O)cc1OC. The fourth-order valence-corrected chi connectivity index (χ4v) is 3.44. The van der Waals surface area contributed by atoms with E-state index in [-0.39, 0.29) is 12.5 Å². The van der Waals surface area contributed by atoms with Crippen LogP contribution in [0.3, 0.4) is 0 Å². The molecule has 1 aliphatic heterocycles. The number of aliphatic imine (C=N–C) groups is 1. The van der Waals surface area contributed by atoms with Crippen molar-refractivity contribution in [2.45, 2.75) is 13.8 Å². The van der Waals surface area contributed by atoms with Gasteiger partial charge in [0.1, 0.15) is 0 Å². The van der Waals surface area contributed by atoms with Crippen molar-refractivity contribution in [1.29, 1.82) is 0 Å². The summed E-state index contributed by atoms with van der Waals surface area (Å²) in [7, 11) is 1.51. The molecule has 1 fully saturated rings. The zero-order valence-electron chi connectivity index (χ0n) is 16.9. The Balaban J connectivity index is 1.73. The molecule has 3 rings (SSSR count). The number of nitrogens with zero attached hydrogens (tertiary/aromatic N) is 1. The summed E-state index contributed by atoms with van der Waals surface area (Å²) in [6, 6.07) is 12.9. The topological polar surface area (TPSA) is 86.2 Å². The molecule has 0 unspecified atom stereocenters. The van der Waals surface area contributed by atoms with Gasteiger partial charge in [0.2, 0.25) is 0 Å². The number of nitrogens with one attached hydrogen (secondary N) is 1. The first-order valence-electron chi connectivity index (χ1n) is 9.31. The van der Waals surface area contributed by atoms with E-state index in [9.17, 15) is 9.59 Å². The number of carbonyl (C=O) groups excluding carboxylic acids is 2. The van der Waals surface area contributed by atoms with Gasteiger partial charge in [-0.15, -0.1) is 0 Å². The molecule has 0 spiro atoms. The Kier molecular flexibility index (Phi) is 7.13. The molecular formula is C22H22N2O5S. The van der Waals surface area contributed by atoms with Crippen molar-refractivity contribution in [2.75, 3.05) is 20.3 Å². The molecule has 0 aliphatic carbocycles. The third-order valence-corrected chi connectivity index (χ3v) is 4.96. The normalized spacial score (nSPS) is 15.9. The van der Waals surface area contributed by atoms with Crippen molar-refractivity contribution >= 4 is 40.6 Å². The second-order valence-electron chi connectivity index (χ2n) is 6.32. The predicted molar refractivity (Wildman–Crippen MR) is 117 cm³/mol. The first kappa shape index (κ1) is 21.4. The van der Waals surface area contributed by atoms with Crippen molar-refractivity contribution in [1.82, 2.24) is 5.32 Å². The largest absolute Gasteiger partial charge is 0.493 e. The van der Waals surface area contributed by atoms with Crippen LogP contribution >= 0.6 is 11.8 Å². The number of hydrogen-bond donors (Lipinski definition) is 1. The molecule has 2 aromatic carbocycles. The van der Waals surface area contributed by atoms with Gasteiger partial charge in [-0.05, 0) is 61.5 Å². The van der Waals surface area contributed by atoms with Gasteiger partial charge in [0, 0.05) is 0 Å². The Morgan fingerprint density at radius 2 is 1.93 bits per heavy atom. The Morgan fingerprint density at radius 3 is 2.63 bits per heavy atom. The molecule has 0 aromatic heterocycles. The maximum atomic E-state index is 12.3. The number of methoxy groups -OCH3 is 1. The zero-order valence-corrected chi connectivity index (χ0v) is 17.7. The third-order valence-electron chi connectivity index (χ3n) is 4.05. The van der Waals surface area contributed by atoms with Crippen LogP contribution in [0.1, 0.15) is 18.1 Å². The molecule has 0 saturated carbocycles. The van der Waals surface area contributed by atoms with Gasteiger partial charge in [0.25, 0.3) is 5.91 Å². The highest BCUT2D eigenvalue weighted by Gasteiger charge is 2.24. The van der Waals surface area contributed by atoms with Gasteiger partial charge in [0.05, 0.1) is 24.3 Å². The van der Waals surface area contributed by atoms with Gasteiger partial charge < -0.3 is 19.5 Å². The lowest BCUT2D eigenvalue weighted by atomic mass is 10.2. The standard InChI is InChI=1S/C22H22N2O5S/c1-4-28-20(25)13-29-17-10-7-15(11-18(17)27-3)12-19-21(26)24-22(30-19)23-16-8-5-14(2)6-9-16/h5-12H,4,13H2,1-3H3,(H,23,24,26)/b19-12-. The van der Waals surface area contributed by atoms with Gasteiger partial charge in [-0.1, -0.05) is 23.8 Å². The van der Waals surface area contributed by atoms with Crippen LogP contribution < -0.4 is 14.8 Å². The predicted octanol–water partition coefficient (Wildman–Crippen LogP) is 3.84. The number of aryl methyl sites for hydroxylation is 1. The van der Waals surface area contributed by atoms with Crippen LogP contribution in [0.2, 0.25) is 0 Å². The lowest BCUT2D eigenvalue weighted by Crippen LogP contribution is -2.19. The number of esters is 1. The maximum Gasteiger partial charge on any atom is 0.344 e. The summed E-state index contributed by atoms with van der Waals surface area (Å²) in [4.78, 5) is 28.8. The monoisotopic (exact) mass is 426 g/mol. The Hall–Kier alpha value is -3.26. The van der Waals surface area contributed by atoms with Crippen LogP contribution in [-0.4, -0.2) is 37.4 Å². The summed E-state index contributed by atoms with van der Waals surface area (Å²) >= 11 is 1.27. The van der Waals surface area contributed by atoms with Crippen LogP contribution in [0.5, 0.6) is 11.5 Å². The molecule has 1 saturated heterocycles. The number of amides is 1. The highest BCUT2D eigenvalue weighted by atomic mass is 32.2. The average molecular weight is 426 g/mol. The number of carbonyl (C=O) groups is 2. The molecule has 156 valence electrons. The highest BCUT2D eigenvalue weighted by Crippen LogP contribution is 2.32. The minimum absolute atomic E-state index is 0.207. The van der Waals surface area contributed by atoms with Crippen LogP contribution in [0, 0.1) is 6.92 Å². The zero-order chi connectivity index (χ0) is 21.5. The maximum absolute atomic E-state index is 12.3. The second kappa shape index (κ2) is 9.98. The van der Waals surface area contributed by atoms with E-state index in [4.69, 9.17) is 14.2 Å². The molecule has 1 aliphatic rings. The first-order valence-corrected chi connectivity index (χ1v) is 10.1. The van der Waals surface area contributed by atoms with E-state index >= 15 is 0 Å². The summed E-state index contributed by atoms with van der Waals surface area (Å²) in [6.07, 6.45) is 1.75. The van der Waals surface area contributed by atoms with E-state index in [0.29, 0.717) is 28.2 Å². The van der Waals surface area contributed by atoms with Crippen LogP contribution in [0.4, 0.5) is 5.69 Å². The molecule has 1 N–H and O–H groups in total. The van der Waals surface area contributed by atoms with E-state index in [1.165, 1.54) is 18.9 Å². The van der Waals surface area contributed by atoms with E-state index in [1.54, 1.807) is 31.2 Å². The number of hydrogen-bond acceptors (Lipinski definition) is 7. The molecule has 30 heavy (non-hydrogen) atoms. The average Bonchev–Trinajstić information content (AvgIpc) is 3.07. The number of ether oxygens (including phenoxy) is 3. The van der Waals surface area contributed by atoms with E-state index in [2.05, 4.69) is 10.3 Å². The van der Waals surface area contributed by atoms with Gasteiger partial charge in [-0.25, -0.2) is 9.79 Å². The van der Waals surface area contributed by atoms with Crippen LogP contribution in [0.25, 0.3) is 6.08 Å². The summed E-state index contributed by atoms with van der Waals surface area (Å²) in [5, 5.41) is 3.29. The van der Waals surface area contributed by atoms with Crippen molar-refractivity contribution in [3.8, 4) is 11.5 Å². The van der Waals surface area contributed by atoms with Crippen LogP contribution in [0.15, 0.2) is 52.4 Å². The van der Waals surface area contributed by atoms with Crippen molar-refractivity contribution < 1.29 is 23.8 Å². The minimum Gasteiger partial charge on any atom is -0.493 e. The summed E-state index contributed by atoms with van der Waals surface area (Å²) in [6.45, 7) is 3.82. The van der Waals surface area contributed by atoms with Gasteiger partial charge in [-0.2, -0.15) is 0 Å². The van der Waals surface area contributed by atoms with Crippen molar-refractivity contribution in [2.24, 2.45) is 4.99 Å². The molecule has 1 amide bonds. The molecule has 0 atom stereocenters. The summed E-state index contributed by atoms with van der Waals surface area (Å²) < 4.78 is 15.6. The van der Waals surface area contributed by atoms with Crippen molar-refractivity contribution in [3.63, 3.8) is 0 Å². The Morgan fingerprint density at radius 1 is 1.17 bits per heavy atom. The number of amidine groups is 1. The quantitative estimate of drug-likeness (QED) is 0.535. The minimum atomic E-state index is -0.454.